The fourth-order valence-corrected chi connectivity index (χ4v) is 6.15. The maximum absolute atomic E-state index is 12.2. The Kier molecular flexibility index (Phi) is 4.26. The zero-order chi connectivity index (χ0) is 19.4. The molecule has 1 saturated heterocycles. The molecule has 1 aromatic carbocycles. The Hall–Kier alpha value is -1.69. The fraction of sp³-hybridized carbons (Fsp3) is 0.619. The Morgan fingerprint density at radius 1 is 1.19 bits per heavy atom. The minimum absolute atomic E-state index is 0.134. The first-order chi connectivity index (χ1) is 12.6. The van der Waals surface area contributed by atoms with Crippen molar-refractivity contribution >= 4 is 9.84 Å². The van der Waals surface area contributed by atoms with E-state index < -0.39 is 15.4 Å². The highest BCUT2D eigenvalue weighted by molar-refractivity contribution is 7.91. The molecular formula is C21H29N3O2S. The van der Waals surface area contributed by atoms with Gasteiger partial charge in [-0.3, -0.25) is 0 Å². The van der Waals surface area contributed by atoms with Crippen molar-refractivity contribution in [3.8, 4) is 11.4 Å². The van der Waals surface area contributed by atoms with Crippen LogP contribution in [0, 0.1) is 5.92 Å². The fourth-order valence-electron chi connectivity index (χ4n) is 4.04. The average Bonchev–Trinajstić information content (AvgIpc) is 3.08. The number of benzene rings is 1. The second-order valence-corrected chi connectivity index (χ2v) is 11.5. The standard InChI is InChI=1S/C21H29N3O2S/c1-15(2)12-18-22-19(16-6-5-7-17(13-16)20(3)8-9-20)24(23-18)21(4)10-11-27(25,26)14-21/h5-7,13,15H,8-12,14H2,1-4H3. The van der Waals surface area contributed by atoms with Crippen LogP contribution in [-0.4, -0.2) is 34.7 Å². The van der Waals surface area contributed by atoms with Gasteiger partial charge in [0.15, 0.2) is 21.5 Å². The van der Waals surface area contributed by atoms with E-state index in [4.69, 9.17) is 10.1 Å². The molecule has 0 radical (unpaired) electrons. The molecule has 1 saturated carbocycles. The van der Waals surface area contributed by atoms with E-state index in [0.29, 0.717) is 12.3 Å². The van der Waals surface area contributed by atoms with Crippen LogP contribution in [0.3, 0.4) is 0 Å². The van der Waals surface area contributed by atoms with Crippen LogP contribution in [0.15, 0.2) is 24.3 Å². The summed E-state index contributed by atoms with van der Waals surface area (Å²) in [6.45, 7) is 8.60. The van der Waals surface area contributed by atoms with Gasteiger partial charge >= 0.3 is 0 Å². The Labute approximate surface area is 162 Å². The van der Waals surface area contributed by atoms with Crippen molar-refractivity contribution in [3.05, 3.63) is 35.7 Å². The normalized spacial score (nSPS) is 25.8. The van der Waals surface area contributed by atoms with Crippen molar-refractivity contribution in [3.63, 3.8) is 0 Å². The Bertz CT molecular complexity index is 973. The van der Waals surface area contributed by atoms with Gasteiger partial charge in [0.25, 0.3) is 0 Å². The molecule has 6 heteroatoms. The maximum atomic E-state index is 12.2. The number of nitrogens with zero attached hydrogens (tertiary/aromatic N) is 3. The SMILES string of the molecule is CC(C)Cc1nc(-c2cccc(C3(C)CC3)c2)n(C2(C)CCS(=O)(=O)C2)n1. The Morgan fingerprint density at radius 3 is 2.52 bits per heavy atom. The largest absolute Gasteiger partial charge is 0.239 e. The lowest BCUT2D eigenvalue weighted by molar-refractivity contribution is 0.329. The third-order valence-corrected chi connectivity index (χ3v) is 7.94. The summed E-state index contributed by atoms with van der Waals surface area (Å²) in [6, 6.07) is 8.57. The van der Waals surface area contributed by atoms with Crippen molar-refractivity contribution in [2.45, 2.75) is 64.3 Å². The predicted molar refractivity (Wildman–Crippen MR) is 108 cm³/mol. The summed E-state index contributed by atoms with van der Waals surface area (Å²) >= 11 is 0. The number of rotatable bonds is 5. The van der Waals surface area contributed by atoms with Crippen molar-refractivity contribution < 1.29 is 8.42 Å². The van der Waals surface area contributed by atoms with Crippen LogP contribution in [0.1, 0.15) is 58.3 Å². The molecule has 1 aliphatic heterocycles. The molecule has 1 aromatic heterocycles. The number of hydrogen-bond donors (Lipinski definition) is 0. The van der Waals surface area contributed by atoms with Gasteiger partial charge in [-0.15, -0.1) is 0 Å². The van der Waals surface area contributed by atoms with Gasteiger partial charge in [0.1, 0.15) is 0 Å². The topological polar surface area (TPSA) is 64.8 Å². The molecule has 0 N–H and O–H groups in total. The van der Waals surface area contributed by atoms with E-state index in [-0.39, 0.29) is 16.9 Å². The van der Waals surface area contributed by atoms with Crippen LogP contribution >= 0.6 is 0 Å². The Balaban J connectivity index is 1.81. The van der Waals surface area contributed by atoms with Crippen molar-refractivity contribution in [2.24, 2.45) is 5.92 Å². The van der Waals surface area contributed by atoms with E-state index in [1.165, 1.54) is 18.4 Å². The molecule has 4 rings (SSSR count). The highest BCUT2D eigenvalue weighted by Crippen LogP contribution is 2.48. The molecule has 146 valence electrons. The summed E-state index contributed by atoms with van der Waals surface area (Å²) in [5.41, 5.74) is 2.12. The van der Waals surface area contributed by atoms with Gasteiger partial charge in [-0.1, -0.05) is 39.0 Å². The third-order valence-electron chi connectivity index (χ3n) is 6.05. The minimum Gasteiger partial charge on any atom is -0.239 e. The van der Waals surface area contributed by atoms with Gasteiger partial charge in [-0.05, 0) is 49.1 Å². The zero-order valence-electron chi connectivity index (χ0n) is 16.7. The average molecular weight is 388 g/mol. The summed E-state index contributed by atoms with van der Waals surface area (Å²) in [5.74, 6) is 2.41. The molecule has 0 spiro atoms. The molecule has 1 atom stereocenters. The zero-order valence-corrected chi connectivity index (χ0v) is 17.5. The smallest absolute Gasteiger partial charge is 0.158 e. The number of aromatic nitrogens is 3. The third kappa shape index (κ3) is 3.56. The minimum atomic E-state index is -3.02. The van der Waals surface area contributed by atoms with E-state index in [9.17, 15) is 8.42 Å². The molecule has 5 nitrogen and oxygen atoms in total. The molecule has 1 aliphatic carbocycles. The highest BCUT2D eigenvalue weighted by atomic mass is 32.2. The van der Waals surface area contributed by atoms with E-state index >= 15 is 0 Å². The van der Waals surface area contributed by atoms with Crippen LogP contribution in [-0.2, 0) is 27.2 Å². The van der Waals surface area contributed by atoms with Crippen LogP contribution in [0.2, 0.25) is 0 Å². The second-order valence-electron chi connectivity index (χ2n) is 9.34. The molecule has 2 aliphatic rings. The van der Waals surface area contributed by atoms with E-state index in [1.807, 2.05) is 11.6 Å². The van der Waals surface area contributed by atoms with E-state index in [2.05, 4.69) is 45.0 Å². The molecule has 0 bridgehead atoms. The number of hydrogen-bond acceptors (Lipinski definition) is 4. The first-order valence-electron chi connectivity index (χ1n) is 9.88. The second kappa shape index (κ2) is 6.16. The lowest BCUT2D eigenvalue weighted by Gasteiger charge is -2.24. The molecule has 0 amide bonds. The van der Waals surface area contributed by atoms with Crippen LogP contribution in [0.25, 0.3) is 11.4 Å². The molecule has 1 unspecified atom stereocenters. The Morgan fingerprint density at radius 2 is 1.93 bits per heavy atom. The van der Waals surface area contributed by atoms with Gasteiger partial charge < -0.3 is 0 Å². The summed E-state index contributed by atoms with van der Waals surface area (Å²) in [5, 5.41) is 4.79. The molecule has 2 aromatic rings. The first-order valence-corrected chi connectivity index (χ1v) is 11.7. The molecule has 27 heavy (non-hydrogen) atoms. The van der Waals surface area contributed by atoms with Crippen LogP contribution in [0.4, 0.5) is 0 Å². The van der Waals surface area contributed by atoms with Gasteiger partial charge in [-0.25, -0.2) is 18.1 Å². The first kappa shape index (κ1) is 18.7. The molecule has 2 fully saturated rings. The van der Waals surface area contributed by atoms with Crippen molar-refractivity contribution in [1.82, 2.24) is 14.8 Å². The summed E-state index contributed by atoms with van der Waals surface area (Å²) in [7, 11) is -3.02. The van der Waals surface area contributed by atoms with Crippen molar-refractivity contribution in [2.75, 3.05) is 11.5 Å². The maximum Gasteiger partial charge on any atom is 0.158 e. The highest BCUT2D eigenvalue weighted by Gasteiger charge is 2.43. The van der Waals surface area contributed by atoms with Crippen molar-refractivity contribution in [1.29, 1.82) is 0 Å². The van der Waals surface area contributed by atoms with Crippen LogP contribution < -0.4 is 0 Å². The monoisotopic (exact) mass is 387 g/mol. The van der Waals surface area contributed by atoms with E-state index in [0.717, 1.165) is 23.6 Å². The predicted octanol–water partition coefficient (Wildman–Crippen LogP) is 3.73. The molecular weight excluding hydrogens is 358 g/mol. The lowest BCUT2D eigenvalue weighted by Crippen LogP contribution is -2.33. The quantitative estimate of drug-likeness (QED) is 0.784. The van der Waals surface area contributed by atoms with Gasteiger partial charge in [0.05, 0.1) is 17.0 Å². The number of sulfone groups is 1. The summed E-state index contributed by atoms with van der Waals surface area (Å²) in [4.78, 5) is 4.86. The van der Waals surface area contributed by atoms with Gasteiger partial charge in [0, 0.05) is 12.0 Å². The van der Waals surface area contributed by atoms with Crippen LogP contribution in [0.5, 0.6) is 0 Å². The lowest BCUT2D eigenvalue weighted by atomic mass is 9.96. The van der Waals surface area contributed by atoms with Gasteiger partial charge in [-0.2, -0.15) is 5.10 Å². The molecule has 2 heterocycles. The van der Waals surface area contributed by atoms with E-state index in [1.54, 1.807) is 0 Å². The summed E-state index contributed by atoms with van der Waals surface area (Å²) in [6.07, 6.45) is 3.82. The van der Waals surface area contributed by atoms with Gasteiger partial charge in [0.2, 0.25) is 0 Å². The summed E-state index contributed by atoms with van der Waals surface area (Å²) < 4.78 is 26.3.